The molecular weight excluding hydrogens is 504 g/mol. The second kappa shape index (κ2) is 14.4. The Morgan fingerprint density at radius 2 is 1.82 bits per heavy atom. The zero-order valence-corrected chi connectivity index (χ0v) is 24.5. The number of hydrazine groups is 1. The number of amides is 1. The Morgan fingerprint density at radius 1 is 1.15 bits per heavy atom. The minimum Gasteiger partial charge on any atom is -0.369 e. The molecule has 10 heteroatoms. The predicted octanol–water partition coefficient (Wildman–Crippen LogP) is 4.30. The van der Waals surface area contributed by atoms with Crippen LogP contribution in [0, 0.1) is 0 Å². The maximum atomic E-state index is 12.2. The number of nitrogens with one attached hydrogen (secondary N) is 1. The minimum absolute atomic E-state index is 0.0642. The van der Waals surface area contributed by atoms with Gasteiger partial charge >= 0.3 is 0 Å². The van der Waals surface area contributed by atoms with Crippen molar-refractivity contribution in [3.8, 4) is 0 Å². The van der Waals surface area contributed by atoms with Crippen LogP contribution in [-0.2, 0) is 4.79 Å². The van der Waals surface area contributed by atoms with Crippen molar-refractivity contribution < 1.29 is 9.59 Å². The molecule has 0 bridgehead atoms. The van der Waals surface area contributed by atoms with Crippen LogP contribution in [0.25, 0.3) is 0 Å². The molecule has 1 aromatic carbocycles. The first kappa shape index (κ1) is 30.5. The average molecular weight is 547 g/mol. The van der Waals surface area contributed by atoms with Crippen LogP contribution in [0.1, 0.15) is 38.1 Å². The molecule has 1 aliphatic rings. The zero-order chi connectivity index (χ0) is 29.2. The van der Waals surface area contributed by atoms with E-state index in [0.29, 0.717) is 29.6 Å². The number of likely N-dealkylation sites (N-methyl/N-ethyl adjacent to an activating group) is 2. The first-order valence-electron chi connectivity index (χ1n) is 13.5. The summed E-state index contributed by atoms with van der Waals surface area (Å²) >= 11 is 0. The van der Waals surface area contributed by atoms with Crippen LogP contribution in [0.15, 0.2) is 66.7 Å². The van der Waals surface area contributed by atoms with Gasteiger partial charge in [0, 0.05) is 69.6 Å². The van der Waals surface area contributed by atoms with E-state index in [2.05, 4.69) is 45.9 Å². The molecule has 2 heterocycles. The fraction of sp³-hybridized carbons (Fsp3) is 0.400. The molecule has 0 saturated carbocycles. The largest absolute Gasteiger partial charge is 0.369 e. The van der Waals surface area contributed by atoms with Crippen LogP contribution in [0.3, 0.4) is 0 Å². The van der Waals surface area contributed by atoms with Crippen LogP contribution >= 0.6 is 0 Å². The first-order chi connectivity index (χ1) is 19.2. The van der Waals surface area contributed by atoms with Gasteiger partial charge in [0.2, 0.25) is 12.4 Å². The second-order valence-corrected chi connectivity index (χ2v) is 10.1. The number of carbonyl (C=O) groups excluding carboxylic acids is 2. The van der Waals surface area contributed by atoms with Crippen molar-refractivity contribution in [1.82, 2.24) is 24.8 Å². The number of piperazine rings is 1. The number of carbonyl (C=O) groups is 2. The molecule has 1 amide bonds. The molecule has 1 fully saturated rings. The highest BCUT2D eigenvalue weighted by Gasteiger charge is 2.25. The fourth-order valence-electron chi connectivity index (χ4n) is 4.29. The number of anilines is 4. The Labute approximate surface area is 238 Å². The average Bonchev–Trinajstić information content (AvgIpc) is 2.95. The summed E-state index contributed by atoms with van der Waals surface area (Å²) in [6.07, 6.45) is 8.52. The molecule has 2 aromatic rings. The van der Waals surface area contributed by atoms with E-state index < -0.39 is 0 Å². The Bertz CT molecular complexity index is 1220. The molecular formula is C30H42N8O2. The Morgan fingerprint density at radius 3 is 2.38 bits per heavy atom. The fourth-order valence-corrected chi connectivity index (χ4v) is 4.29. The quantitative estimate of drug-likeness (QED) is 0.171. The van der Waals surface area contributed by atoms with E-state index in [1.807, 2.05) is 63.0 Å². The van der Waals surface area contributed by atoms with Gasteiger partial charge in [0.25, 0.3) is 0 Å². The van der Waals surface area contributed by atoms with Crippen molar-refractivity contribution in [2.24, 2.45) is 0 Å². The van der Waals surface area contributed by atoms with Crippen LogP contribution in [0.2, 0.25) is 0 Å². The number of aromatic nitrogens is 2. The van der Waals surface area contributed by atoms with Crippen molar-refractivity contribution in [2.75, 3.05) is 62.0 Å². The zero-order valence-electron chi connectivity index (χ0n) is 24.5. The lowest BCUT2D eigenvalue weighted by atomic mass is 10.2. The molecule has 10 nitrogen and oxygen atoms in total. The van der Waals surface area contributed by atoms with Crippen molar-refractivity contribution in [1.29, 1.82) is 0 Å². The Balaban J connectivity index is 2.01. The normalized spacial score (nSPS) is 14.8. The Kier molecular flexibility index (Phi) is 11.0. The minimum atomic E-state index is -0.0642. The monoisotopic (exact) mass is 546 g/mol. The van der Waals surface area contributed by atoms with E-state index in [0.717, 1.165) is 50.1 Å². The van der Waals surface area contributed by atoms with Gasteiger partial charge in [0.15, 0.2) is 12.1 Å². The van der Waals surface area contributed by atoms with Gasteiger partial charge in [-0.05, 0) is 64.6 Å². The molecule has 0 aliphatic carbocycles. The van der Waals surface area contributed by atoms with Gasteiger partial charge < -0.3 is 20.0 Å². The summed E-state index contributed by atoms with van der Waals surface area (Å²) in [7, 11) is 4.02. The summed E-state index contributed by atoms with van der Waals surface area (Å²) in [5, 5.41) is 6.99. The van der Waals surface area contributed by atoms with Gasteiger partial charge in [-0.1, -0.05) is 12.2 Å². The molecule has 0 unspecified atom stereocenters. The molecule has 3 rings (SSSR count). The van der Waals surface area contributed by atoms with Gasteiger partial charge in [-0.3, -0.25) is 14.6 Å². The number of hydrogen-bond donors (Lipinski definition) is 1. The topological polar surface area (TPSA) is 88.2 Å². The molecule has 1 aliphatic heterocycles. The van der Waals surface area contributed by atoms with E-state index in [-0.39, 0.29) is 6.04 Å². The summed E-state index contributed by atoms with van der Waals surface area (Å²) in [6.45, 7) is 16.2. The van der Waals surface area contributed by atoms with Gasteiger partial charge in [0.05, 0.1) is 11.3 Å². The van der Waals surface area contributed by atoms with E-state index in [1.165, 1.54) is 11.9 Å². The first-order valence-corrected chi connectivity index (χ1v) is 13.5. The number of aldehydes is 1. The summed E-state index contributed by atoms with van der Waals surface area (Å²) in [5.74, 6) is 0.728. The lowest BCUT2D eigenvalue weighted by Gasteiger charge is -2.36. The summed E-state index contributed by atoms with van der Waals surface area (Å²) in [5.41, 5.74) is 3.91. The number of allylic oxidation sites excluding steroid dienone is 2. The molecule has 1 aromatic heterocycles. The molecule has 0 spiro atoms. The molecule has 1 saturated heterocycles. The van der Waals surface area contributed by atoms with Crippen LogP contribution in [-0.4, -0.2) is 90.3 Å². The van der Waals surface area contributed by atoms with Gasteiger partial charge in [-0.2, -0.15) is 4.98 Å². The lowest BCUT2D eigenvalue weighted by molar-refractivity contribution is -0.117. The highest BCUT2D eigenvalue weighted by atomic mass is 16.1. The molecule has 0 radical (unpaired) electrons. The van der Waals surface area contributed by atoms with Crippen molar-refractivity contribution in [2.45, 2.75) is 33.7 Å². The number of nitrogens with zero attached hydrogens (tertiary/aromatic N) is 7. The summed E-state index contributed by atoms with van der Waals surface area (Å²) < 4.78 is 0. The van der Waals surface area contributed by atoms with Gasteiger partial charge in [-0.15, -0.1) is 6.58 Å². The second-order valence-electron chi connectivity index (χ2n) is 10.1. The molecule has 1 N–H and O–H groups in total. The maximum absolute atomic E-state index is 12.2. The number of rotatable bonds is 13. The van der Waals surface area contributed by atoms with Gasteiger partial charge in [-0.25, -0.2) is 9.99 Å². The van der Waals surface area contributed by atoms with Crippen molar-refractivity contribution >= 4 is 35.8 Å². The number of benzene rings is 1. The van der Waals surface area contributed by atoms with Gasteiger partial charge in [0.1, 0.15) is 0 Å². The Hall–Kier alpha value is -4.02. The molecule has 0 atom stereocenters. The third-order valence-corrected chi connectivity index (χ3v) is 6.90. The lowest BCUT2D eigenvalue weighted by Crippen LogP contribution is -2.44. The summed E-state index contributed by atoms with van der Waals surface area (Å²) in [4.78, 5) is 39.5. The number of hydrogen-bond acceptors (Lipinski definition) is 9. The summed E-state index contributed by atoms with van der Waals surface area (Å²) in [6, 6.07) is 8.13. The SMILES string of the molecule is C=CCN(C)N(C(=C/N(C=O)C(C)C)/C(C)=C\C)c1nc(Nc2ccc(N3CCN(C)CC3)cc2)ncc1C=O. The molecule has 40 heavy (non-hydrogen) atoms. The van der Waals surface area contributed by atoms with Crippen LogP contribution in [0.4, 0.5) is 23.1 Å². The van der Waals surface area contributed by atoms with E-state index in [9.17, 15) is 9.59 Å². The third kappa shape index (κ3) is 7.55. The smallest absolute Gasteiger partial charge is 0.229 e. The standard InChI is InChI=1S/C30H42N8O2/c1-8-14-35(7)38(28(24(5)9-2)20-37(22-40)23(3)4)29-25(21-39)19-31-30(33-29)32-26-10-12-27(13-11-26)36-17-15-34(6)16-18-36/h8-13,19-23H,1,14-18H2,2-7H3,(H,31,32,33)/b24-9-,28-20+. The van der Waals surface area contributed by atoms with Crippen molar-refractivity contribution in [3.63, 3.8) is 0 Å². The van der Waals surface area contributed by atoms with Crippen LogP contribution < -0.4 is 15.2 Å². The highest BCUT2D eigenvalue weighted by Crippen LogP contribution is 2.29. The predicted molar refractivity (Wildman–Crippen MR) is 163 cm³/mol. The third-order valence-electron chi connectivity index (χ3n) is 6.90. The maximum Gasteiger partial charge on any atom is 0.229 e. The van der Waals surface area contributed by atoms with E-state index in [4.69, 9.17) is 4.98 Å². The van der Waals surface area contributed by atoms with E-state index >= 15 is 0 Å². The van der Waals surface area contributed by atoms with Crippen molar-refractivity contribution in [3.05, 3.63) is 72.2 Å². The van der Waals surface area contributed by atoms with Crippen LogP contribution in [0.5, 0.6) is 0 Å². The highest BCUT2D eigenvalue weighted by molar-refractivity contribution is 5.84. The van der Waals surface area contributed by atoms with E-state index in [1.54, 1.807) is 17.2 Å². The molecule has 214 valence electrons.